The van der Waals surface area contributed by atoms with Crippen LogP contribution >= 0.6 is 0 Å². The van der Waals surface area contributed by atoms with E-state index in [1.165, 1.54) is 29.8 Å². The van der Waals surface area contributed by atoms with E-state index in [0.29, 0.717) is 0 Å². The lowest BCUT2D eigenvalue weighted by molar-refractivity contribution is 0.463. The van der Waals surface area contributed by atoms with Gasteiger partial charge in [0.25, 0.3) is 0 Å². The second-order valence-corrected chi connectivity index (χ2v) is 5.59. The Kier molecular flexibility index (Phi) is 5.40. The molecular formula is C13H14O3S2. The molecule has 3 nitrogen and oxygen atoms in total. The molecule has 0 heterocycles. The maximum absolute atomic E-state index is 10.3. The second-order valence-electron chi connectivity index (χ2n) is 3.63. The van der Waals surface area contributed by atoms with Crippen molar-refractivity contribution < 1.29 is 13.0 Å². The number of aryl methyl sites for hydroxylation is 1. The Morgan fingerprint density at radius 1 is 0.944 bits per heavy atom. The van der Waals surface area contributed by atoms with Crippen molar-refractivity contribution in [2.75, 3.05) is 0 Å². The van der Waals surface area contributed by atoms with Crippen LogP contribution in [0.1, 0.15) is 5.56 Å². The van der Waals surface area contributed by atoms with E-state index in [1.54, 1.807) is 6.07 Å². The van der Waals surface area contributed by atoms with Crippen molar-refractivity contribution in [2.24, 2.45) is 0 Å². The van der Waals surface area contributed by atoms with E-state index in [4.69, 9.17) is 0 Å². The average Bonchev–Trinajstić information content (AvgIpc) is 2.34. The summed E-state index contributed by atoms with van der Waals surface area (Å²) in [6, 6.07) is 15.4. The van der Waals surface area contributed by atoms with Gasteiger partial charge in [0, 0.05) is 0 Å². The highest BCUT2D eigenvalue weighted by Gasteiger charge is 1.95. The molecule has 5 heteroatoms. The van der Waals surface area contributed by atoms with Crippen LogP contribution in [0.5, 0.6) is 0 Å². The minimum absolute atomic E-state index is 0.185. The molecule has 0 spiro atoms. The molecule has 0 radical (unpaired) electrons. The van der Waals surface area contributed by atoms with Crippen LogP contribution in [0.15, 0.2) is 64.4 Å². The van der Waals surface area contributed by atoms with E-state index in [2.05, 4.69) is 31.7 Å². The molecule has 0 unspecified atom stereocenters. The van der Waals surface area contributed by atoms with Crippen LogP contribution in [0.25, 0.3) is 0 Å². The zero-order valence-corrected chi connectivity index (χ0v) is 11.6. The summed E-state index contributed by atoms with van der Waals surface area (Å²) in [7, 11) is -4.25. The summed E-state index contributed by atoms with van der Waals surface area (Å²) in [5.41, 5.74) is 1.30. The van der Waals surface area contributed by atoms with Gasteiger partial charge in [-0.15, -0.1) is 0 Å². The Balaban J connectivity index is 0.000000184. The minimum atomic E-state index is -4.25. The molecule has 0 amide bonds. The van der Waals surface area contributed by atoms with Crippen molar-refractivity contribution in [3.8, 4) is 0 Å². The summed E-state index contributed by atoms with van der Waals surface area (Å²) in [5.74, 6) is 0. The number of benzene rings is 2. The Morgan fingerprint density at radius 2 is 1.44 bits per heavy atom. The van der Waals surface area contributed by atoms with Gasteiger partial charge in [0.05, 0.1) is 4.90 Å². The monoisotopic (exact) mass is 282 g/mol. The quantitative estimate of drug-likeness (QED) is 0.593. The topological polar surface area (TPSA) is 57.2 Å². The van der Waals surface area contributed by atoms with Crippen LogP contribution in [-0.2, 0) is 22.7 Å². The molecule has 0 fully saturated rings. The normalized spacial score (nSPS) is 10.4. The van der Waals surface area contributed by atoms with Crippen LogP contribution in [0.2, 0.25) is 0 Å². The first-order valence-electron chi connectivity index (χ1n) is 5.19. The van der Waals surface area contributed by atoms with E-state index in [9.17, 15) is 13.0 Å². The fraction of sp³-hybridized carbons (Fsp3) is 0.0769. The Bertz CT molecular complexity index is 554. The summed E-state index contributed by atoms with van der Waals surface area (Å²) in [6.45, 7) is 2.08. The van der Waals surface area contributed by atoms with Gasteiger partial charge >= 0.3 is 0 Å². The second kappa shape index (κ2) is 6.58. The summed E-state index contributed by atoms with van der Waals surface area (Å²) in [4.78, 5) is 0.950. The smallest absolute Gasteiger partial charge is 0.150 e. The molecule has 2 aromatic rings. The molecule has 0 aromatic heterocycles. The molecule has 0 saturated heterocycles. The first-order valence-corrected chi connectivity index (χ1v) is 7.09. The molecule has 0 aliphatic rings. The highest BCUT2D eigenvalue weighted by atomic mass is 32.2. The van der Waals surface area contributed by atoms with Crippen LogP contribution < -0.4 is 0 Å². The predicted octanol–water partition coefficient (Wildman–Crippen LogP) is 1.96. The average molecular weight is 282 g/mol. The van der Waals surface area contributed by atoms with Crippen molar-refractivity contribution in [3.05, 3.63) is 60.2 Å². The zero-order chi connectivity index (χ0) is 13.6. The van der Waals surface area contributed by atoms with Gasteiger partial charge < -0.3 is 4.55 Å². The fourth-order valence-electron chi connectivity index (χ4n) is 1.14. The molecule has 0 bridgehead atoms. The molecule has 0 N–H and O–H groups in total. The molecule has 2 rings (SSSR count). The van der Waals surface area contributed by atoms with Crippen LogP contribution in [0.4, 0.5) is 0 Å². The summed E-state index contributed by atoms with van der Waals surface area (Å²) in [6.07, 6.45) is 0. The lowest BCUT2D eigenvalue weighted by atomic mass is 10.2. The molecular weight excluding hydrogens is 268 g/mol. The third-order valence-corrected chi connectivity index (χ3v) is 3.27. The van der Waals surface area contributed by atoms with Gasteiger partial charge in [-0.2, -0.15) is 0 Å². The fourth-order valence-corrected chi connectivity index (χ4v) is 1.80. The van der Waals surface area contributed by atoms with E-state index in [0.717, 1.165) is 4.90 Å². The van der Waals surface area contributed by atoms with Gasteiger partial charge in [0.15, 0.2) is 0 Å². The van der Waals surface area contributed by atoms with E-state index in [-0.39, 0.29) is 4.90 Å². The van der Waals surface area contributed by atoms with Gasteiger partial charge in [-0.3, -0.25) is 0 Å². The van der Waals surface area contributed by atoms with Crippen molar-refractivity contribution in [3.63, 3.8) is 0 Å². The summed E-state index contributed by atoms with van der Waals surface area (Å²) >= 11 is 3.39. The predicted molar refractivity (Wildman–Crippen MR) is 74.0 cm³/mol. The molecule has 0 atom stereocenters. The Morgan fingerprint density at radius 3 is 1.78 bits per heavy atom. The van der Waals surface area contributed by atoms with Gasteiger partial charge in [-0.05, 0) is 43.8 Å². The van der Waals surface area contributed by atoms with Gasteiger partial charge in [0.2, 0.25) is 0 Å². The Labute approximate surface area is 113 Å². The maximum atomic E-state index is 10.3. The van der Waals surface area contributed by atoms with Gasteiger partial charge in [-0.25, -0.2) is 8.42 Å². The van der Waals surface area contributed by atoms with Crippen LogP contribution in [-0.4, -0.2) is 13.0 Å². The zero-order valence-electron chi connectivity index (χ0n) is 9.83. The summed E-state index contributed by atoms with van der Waals surface area (Å²) in [5, 5.41) is 0. The molecule has 0 saturated carbocycles. The van der Waals surface area contributed by atoms with E-state index in [1.807, 2.05) is 12.1 Å². The Hall–Kier alpha value is -1.30. The van der Waals surface area contributed by atoms with Crippen LogP contribution in [0, 0.1) is 6.92 Å². The van der Waals surface area contributed by atoms with Crippen molar-refractivity contribution >= 4 is 22.7 Å². The number of hydrogen-bond acceptors (Lipinski definition) is 3. The third kappa shape index (κ3) is 5.35. The standard InChI is InChI=1S/C7H8S.C6H6O3S/c1-6-2-4-7(8)5-3-6;7-10(8,9)6-4-2-1-3-5-6/h2-5,8H,1H3;1-5H,(H,7,8,9). The van der Waals surface area contributed by atoms with Crippen molar-refractivity contribution in [1.29, 1.82) is 0 Å². The van der Waals surface area contributed by atoms with E-state index < -0.39 is 10.1 Å². The van der Waals surface area contributed by atoms with Gasteiger partial charge in [-0.1, -0.05) is 35.9 Å². The minimum Gasteiger partial charge on any atom is -0.744 e. The van der Waals surface area contributed by atoms with Crippen molar-refractivity contribution in [1.82, 2.24) is 0 Å². The molecule has 18 heavy (non-hydrogen) atoms. The lowest BCUT2D eigenvalue weighted by Crippen LogP contribution is -1.96. The van der Waals surface area contributed by atoms with Crippen molar-refractivity contribution in [2.45, 2.75) is 16.7 Å². The molecule has 0 aliphatic heterocycles. The van der Waals surface area contributed by atoms with Crippen LogP contribution in [0.3, 0.4) is 0 Å². The molecule has 96 valence electrons. The SMILES string of the molecule is Cc1ccc([SH2+])cc1.O=S(=O)([O-])c1ccccc1. The molecule has 0 aliphatic carbocycles. The third-order valence-electron chi connectivity index (χ3n) is 2.08. The number of rotatable bonds is 1. The van der Waals surface area contributed by atoms with Gasteiger partial charge in [0.1, 0.15) is 15.0 Å². The summed E-state index contributed by atoms with van der Waals surface area (Å²) < 4.78 is 30.8. The number of hydrogen-bond donors (Lipinski definition) is 0. The largest absolute Gasteiger partial charge is 0.744 e. The van der Waals surface area contributed by atoms with E-state index >= 15 is 0 Å². The highest BCUT2D eigenvalue weighted by molar-refractivity contribution is 7.85. The highest BCUT2D eigenvalue weighted by Crippen LogP contribution is 2.05. The first-order chi connectivity index (χ1) is 8.39. The first kappa shape index (κ1) is 14.8. The maximum Gasteiger partial charge on any atom is 0.150 e. The lowest BCUT2D eigenvalue weighted by Gasteiger charge is -2.04. The molecule has 2 aromatic carbocycles.